The first kappa shape index (κ1) is 11.7. The van der Waals surface area contributed by atoms with Crippen LogP contribution in [-0.2, 0) is 12.0 Å². The highest BCUT2D eigenvalue weighted by molar-refractivity contribution is 5.76. The number of rotatable bonds is 3. The molecular formula is C17H17N3. The fourth-order valence-electron chi connectivity index (χ4n) is 2.67. The number of nitrogens with two attached hydrogens (primary N) is 1. The van der Waals surface area contributed by atoms with Gasteiger partial charge in [0.2, 0.25) is 0 Å². The number of hydrogen-bond donors (Lipinski definition) is 2. The molecule has 1 aliphatic carbocycles. The summed E-state index contributed by atoms with van der Waals surface area (Å²) in [4.78, 5) is 8.07. The minimum absolute atomic E-state index is 0.0844. The van der Waals surface area contributed by atoms with Gasteiger partial charge in [-0.15, -0.1) is 0 Å². The molecule has 4 rings (SSSR count). The molecule has 1 aliphatic rings. The van der Waals surface area contributed by atoms with Crippen molar-refractivity contribution in [2.75, 3.05) is 0 Å². The van der Waals surface area contributed by atoms with Crippen LogP contribution in [0.5, 0.6) is 0 Å². The zero-order valence-corrected chi connectivity index (χ0v) is 11.3. The Morgan fingerprint density at radius 2 is 1.90 bits per heavy atom. The van der Waals surface area contributed by atoms with Gasteiger partial charge in [0.05, 0.1) is 11.0 Å². The van der Waals surface area contributed by atoms with E-state index < -0.39 is 0 Å². The van der Waals surface area contributed by atoms with E-state index in [4.69, 9.17) is 5.73 Å². The molecule has 3 aromatic rings. The average Bonchev–Trinajstić information content (AvgIpc) is 3.09. The van der Waals surface area contributed by atoms with Crippen molar-refractivity contribution in [3.8, 4) is 0 Å². The summed E-state index contributed by atoms with van der Waals surface area (Å²) in [7, 11) is 0. The first-order valence-electron chi connectivity index (χ1n) is 7.05. The summed E-state index contributed by atoms with van der Waals surface area (Å²) in [5.41, 5.74) is 10.8. The normalized spacial score (nSPS) is 16.4. The highest BCUT2D eigenvalue weighted by Gasteiger charge is 2.40. The molecule has 0 saturated heterocycles. The largest absolute Gasteiger partial charge is 0.342 e. The first-order chi connectivity index (χ1) is 9.73. The van der Waals surface area contributed by atoms with Crippen LogP contribution in [0.1, 0.15) is 29.8 Å². The second-order valence-corrected chi connectivity index (χ2v) is 5.73. The van der Waals surface area contributed by atoms with Crippen LogP contribution in [0.4, 0.5) is 0 Å². The molecule has 0 unspecified atom stereocenters. The van der Waals surface area contributed by atoms with E-state index in [0.717, 1.165) is 36.1 Å². The first-order valence-corrected chi connectivity index (χ1v) is 7.05. The summed E-state index contributed by atoms with van der Waals surface area (Å²) in [5.74, 6) is 1.00. The molecule has 3 N–H and O–H groups in total. The average molecular weight is 263 g/mol. The van der Waals surface area contributed by atoms with Crippen LogP contribution in [0.15, 0.2) is 48.5 Å². The van der Waals surface area contributed by atoms with Gasteiger partial charge in [-0.25, -0.2) is 4.98 Å². The van der Waals surface area contributed by atoms with Crippen LogP contribution in [0.3, 0.4) is 0 Å². The lowest BCUT2D eigenvalue weighted by molar-refractivity contribution is 0.741. The molecule has 0 aliphatic heterocycles. The van der Waals surface area contributed by atoms with Crippen LogP contribution >= 0.6 is 0 Å². The third kappa shape index (κ3) is 2.00. The summed E-state index contributed by atoms with van der Waals surface area (Å²) in [5, 5.41) is 0. The number of nitrogens with one attached hydrogen (secondary N) is 1. The van der Waals surface area contributed by atoms with Gasteiger partial charge in [0.25, 0.3) is 0 Å². The molecule has 0 spiro atoms. The van der Waals surface area contributed by atoms with E-state index in [1.54, 1.807) is 0 Å². The number of hydrogen-bond acceptors (Lipinski definition) is 2. The summed E-state index contributed by atoms with van der Waals surface area (Å²) in [6.07, 6.45) is 3.01. The predicted molar refractivity (Wildman–Crippen MR) is 80.4 cm³/mol. The smallest absolute Gasteiger partial charge is 0.111 e. The van der Waals surface area contributed by atoms with Crippen LogP contribution in [0.25, 0.3) is 11.0 Å². The van der Waals surface area contributed by atoms with Crippen molar-refractivity contribution < 1.29 is 0 Å². The molecule has 2 aromatic carbocycles. The van der Waals surface area contributed by atoms with Gasteiger partial charge in [-0.05, 0) is 36.1 Å². The highest BCUT2D eigenvalue weighted by atomic mass is 14.9. The number of imidazole rings is 1. The molecule has 0 bridgehead atoms. The van der Waals surface area contributed by atoms with Crippen LogP contribution in [-0.4, -0.2) is 9.97 Å². The Kier molecular flexibility index (Phi) is 2.44. The minimum atomic E-state index is -0.0844. The Morgan fingerprint density at radius 3 is 2.65 bits per heavy atom. The monoisotopic (exact) mass is 263 g/mol. The number of fused-ring (bicyclic) bond motifs is 1. The van der Waals surface area contributed by atoms with Crippen molar-refractivity contribution in [2.45, 2.75) is 24.8 Å². The van der Waals surface area contributed by atoms with E-state index in [0.29, 0.717) is 0 Å². The number of benzene rings is 2. The maximum atomic E-state index is 6.25. The molecule has 0 radical (unpaired) electrons. The maximum absolute atomic E-state index is 6.25. The molecule has 1 aromatic heterocycles. The minimum Gasteiger partial charge on any atom is -0.342 e. The highest BCUT2D eigenvalue weighted by Crippen LogP contribution is 2.43. The zero-order chi connectivity index (χ0) is 13.6. The molecule has 3 nitrogen and oxygen atoms in total. The third-order valence-corrected chi connectivity index (χ3v) is 4.11. The fourth-order valence-corrected chi connectivity index (χ4v) is 2.67. The quantitative estimate of drug-likeness (QED) is 0.763. The van der Waals surface area contributed by atoms with E-state index in [-0.39, 0.29) is 5.54 Å². The Bertz CT molecular complexity index is 754. The lowest BCUT2D eigenvalue weighted by Crippen LogP contribution is -2.18. The van der Waals surface area contributed by atoms with E-state index in [2.05, 4.69) is 52.4 Å². The summed E-state index contributed by atoms with van der Waals surface area (Å²) >= 11 is 0. The lowest BCUT2D eigenvalue weighted by Gasteiger charge is -2.07. The number of aromatic nitrogens is 2. The molecule has 3 heteroatoms. The van der Waals surface area contributed by atoms with Gasteiger partial charge in [-0.2, -0.15) is 0 Å². The van der Waals surface area contributed by atoms with Crippen molar-refractivity contribution in [3.05, 3.63) is 65.5 Å². The standard InChI is InChI=1S/C17H17N3/c18-17(8-9-17)13-6-7-14-15(11-13)20-16(19-14)10-12-4-2-1-3-5-12/h1-7,11H,8-10,18H2,(H,19,20). The second kappa shape index (κ2) is 4.18. The van der Waals surface area contributed by atoms with Crippen molar-refractivity contribution in [1.29, 1.82) is 0 Å². The molecule has 1 fully saturated rings. The van der Waals surface area contributed by atoms with E-state index >= 15 is 0 Å². The van der Waals surface area contributed by atoms with E-state index in [1.807, 2.05) is 6.07 Å². The van der Waals surface area contributed by atoms with Gasteiger partial charge in [0, 0.05) is 12.0 Å². The van der Waals surface area contributed by atoms with Crippen molar-refractivity contribution >= 4 is 11.0 Å². The van der Waals surface area contributed by atoms with Gasteiger partial charge >= 0.3 is 0 Å². The molecule has 0 amide bonds. The van der Waals surface area contributed by atoms with E-state index in [9.17, 15) is 0 Å². The van der Waals surface area contributed by atoms with Crippen molar-refractivity contribution in [1.82, 2.24) is 9.97 Å². The Morgan fingerprint density at radius 1 is 1.10 bits per heavy atom. The van der Waals surface area contributed by atoms with Gasteiger partial charge in [-0.1, -0.05) is 36.4 Å². The summed E-state index contributed by atoms with van der Waals surface area (Å²) < 4.78 is 0. The molecular weight excluding hydrogens is 246 g/mol. The van der Waals surface area contributed by atoms with Crippen LogP contribution in [0.2, 0.25) is 0 Å². The van der Waals surface area contributed by atoms with Crippen molar-refractivity contribution in [3.63, 3.8) is 0 Å². The molecule has 0 atom stereocenters. The van der Waals surface area contributed by atoms with Crippen LogP contribution in [0, 0.1) is 0 Å². The van der Waals surface area contributed by atoms with Crippen LogP contribution < -0.4 is 5.73 Å². The SMILES string of the molecule is NC1(c2ccc3nc(Cc4ccccc4)[nH]c3c2)CC1. The van der Waals surface area contributed by atoms with Gasteiger partial charge in [0.1, 0.15) is 5.82 Å². The maximum Gasteiger partial charge on any atom is 0.111 e. The Hall–Kier alpha value is -2.13. The molecule has 20 heavy (non-hydrogen) atoms. The third-order valence-electron chi connectivity index (χ3n) is 4.11. The molecule has 100 valence electrons. The number of nitrogens with zero attached hydrogens (tertiary/aromatic N) is 1. The van der Waals surface area contributed by atoms with Gasteiger partial charge < -0.3 is 10.7 Å². The Labute approximate surface area is 117 Å². The molecule has 1 heterocycles. The molecule has 1 saturated carbocycles. The topological polar surface area (TPSA) is 54.7 Å². The summed E-state index contributed by atoms with van der Waals surface area (Å²) in [6, 6.07) is 16.7. The number of H-pyrrole nitrogens is 1. The van der Waals surface area contributed by atoms with Gasteiger partial charge in [0.15, 0.2) is 0 Å². The zero-order valence-electron chi connectivity index (χ0n) is 11.3. The predicted octanol–water partition coefficient (Wildman–Crippen LogP) is 3.10. The lowest BCUT2D eigenvalue weighted by atomic mass is 10.1. The Balaban J connectivity index is 1.68. The fraction of sp³-hybridized carbons (Fsp3) is 0.235. The van der Waals surface area contributed by atoms with Gasteiger partial charge in [-0.3, -0.25) is 0 Å². The van der Waals surface area contributed by atoms with Crippen molar-refractivity contribution in [2.24, 2.45) is 5.73 Å². The van der Waals surface area contributed by atoms with E-state index in [1.165, 1.54) is 11.1 Å². The number of aromatic amines is 1. The summed E-state index contributed by atoms with van der Waals surface area (Å²) in [6.45, 7) is 0. The second-order valence-electron chi connectivity index (χ2n) is 5.73.